The fourth-order valence-corrected chi connectivity index (χ4v) is 3.26. The van der Waals surface area contributed by atoms with Crippen molar-refractivity contribution in [2.45, 2.75) is 38.5 Å². The first-order chi connectivity index (χ1) is 8.30. The summed E-state index contributed by atoms with van der Waals surface area (Å²) in [7, 11) is 0. The highest BCUT2D eigenvalue weighted by molar-refractivity contribution is 5.89. The van der Waals surface area contributed by atoms with E-state index in [1.165, 1.54) is 17.6 Å². The summed E-state index contributed by atoms with van der Waals surface area (Å²) in [5.41, 5.74) is 2.65. The first-order valence-corrected chi connectivity index (χ1v) is 6.58. The van der Waals surface area contributed by atoms with Crippen LogP contribution in [0.15, 0.2) is 36.4 Å². The molecule has 0 radical (unpaired) electrons. The molecule has 2 aliphatic rings. The fraction of sp³-hybridized carbons (Fsp3) is 0.438. The van der Waals surface area contributed by atoms with Crippen molar-refractivity contribution in [2.24, 2.45) is 5.41 Å². The van der Waals surface area contributed by atoms with Gasteiger partial charge in [-0.2, -0.15) is 0 Å². The molecule has 1 aromatic carbocycles. The lowest BCUT2D eigenvalue weighted by Crippen LogP contribution is -2.31. The molecular formula is C16H18O. The zero-order valence-electron chi connectivity index (χ0n) is 10.1. The second kappa shape index (κ2) is 4.14. The predicted molar refractivity (Wildman–Crippen MR) is 69.6 cm³/mol. The van der Waals surface area contributed by atoms with Crippen molar-refractivity contribution in [3.8, 4) is 0 Å². The van der Waals surface area contributed by atoms with Crippen molar-refractivity contribution in [2.75, 3.05) is 0 Å². The van der Waals surface area contributed by atoms with E-state index in [9.17, 15) is 4.79 Å². The van der Waals surface area contributed by atoms with Crippen LogP contribution in [-0.4, -0.2) is 5.78 Å². The van der Waals surface area contributed by atoms with E-state index in [-0.39, 0.29) is 5.41 Å². The van der Waals surface area contributed by atoms with E-state index < -0.39 is 0 Å². The molecule has 0 bridgehead atoms. The van der Waals surface area contributed by atoms with Crippen LogP contribution in [0.1, 0.15) is 44.1 Å². The van der Waals surface area contributed by atoms with Gasteiger partial charge in [0.2, 0.25) is 0 Å². The van der Waals surface area contributed by atoms with Crippen LogP contribution in [0.4, 0.5) is 0 Å². The lowest BCUT2D eigenvalue weighted by Gasteiger charge is -2.32. The molecule has 17 heavy (non-hydrogen) atoms. The fourth-order valence-electron chi connectivity index (χ4n) is 3.26. The highest BCUT2D eigenvalue weighted by Crippen LogP contribution is 2.48. The van der Waals surface area contributed by atoms with Gasteiger partial charge >= 0.3 is 0 Å². The van der Waals surface area contributed by atoms with Crippen LogP contribution in [0.5, 0.6) is 0 Å². The Morgan fingerprint density at radius 2 is 1.88 bits per heavy atom. The first kappa shape index (κ1) is 10.8. The van der Waals surface area contributed by atoms with Crippen molar-refractivity contribution in [1.29, 1.82) is 0 Å². The van der Waals surface area contributed by atoms with E-state index in [2.05, 4.69) is 30.3 Å². The van der Waals surface area contributed by atoms with E-state index in [1.807, 2.05) is 6.07 Å². The van der Waals surface area contributed by atoms with Crippen LogP contribution in [0, 0.1) is 5.41 Å². The van der Waals surface area contributed by atoms with Gasteiger partial charge in [0.1, 0.15) is 5.78 Å². The number of carbonyl (C=O) groups excluding carboxylic acids is 1. The molecule has 0 N–H and O–H groups in total. The monoisotopic (exact) mass is 226 g/mol. The van der Waals surface area contributed by atoms with Gasteiger partial charge < -0.3 is 0 Å². The number of ketones is 1. The summed E-state index contributed by atoms with van der Waals surface area (Å²) in [5, 5.41) is 0. The Balaban J connectivity index is 1.83. The van der Waals surface area contributed by atoms with Crippen LogP contribution in [0.2, 0.25) is 0 Å². The molecule has 0 aliphatic heterocycles. The van der Waals surface area contributed by atoms with Gasteiger partial charge in [0.25, 0.3) is 0 Å². The number of benzene rings is 1. The van der Waals surface area contributed by atoms with Gasteiger partial charge in [-0.1, -0.05) is 42.8 Å². The quantitative estimate of drug-likeness (QED) is 0.707. The minimum Gasteiger partial charge on any atom is -0.299 e. The smallest absolute Gasteiger partial charge is 0.139 e. The van der Waals surface area contributed by atoms with Crippen LogP contribution < -0.4 is 0 Å². The molecule has 0 amide bonds. The molecule has 1 heteroatoms. The molecule has 0 unspecified atom stereocenters. The Bertz CT molecular complexity index is 458. The molecule has 0 aromatic heterocycles. The zero-order chi connectivity index (χ0) is 11.7. The molecule has 2 aliphatic carbocycles. The first-order valence-electron chi connectivity index (χ1n) is 6.58. The van der Waals surface area contributed by atoms with Crippen molar-refractivity contribution in [3.05, 3.63) is 42.0 Å². The molecular weight excluding hydrogens is 208 g/mol. The minimum atomic E-state index is -0.0244. The number of hydrogen-bond donors (Lipinski definition) is 0. The summed E-state index contributed by atoms with van der Waals surface area (Å²) < 4.78 is 0. The van der Waals surface area contributed by atoms with E-state index in [1.54, 1.807) is 0 Å². The summed E-state index contributed by atoms with van der Waals surface area (Å²) in [6.45, 7) is 0. The molecule has 1 nitrogen and oxygen atoms in total. The van der Waals surface area contributed by atoms with Gasteiger partial charge in [0.15, 0.2) is 0 Å². The Hall–Kier alpha value is -1.37. The lowest BCUT2D eigenvalue weighted by molar-refractivity contribution is -0.130. The molecule has 1 atom stereocenters. The summed E-state index contributed by atoms with van der Waals surface area (Å²) in [6, 6.07) is 10.5. The highest BCUT2D eigenvalue weighted by atomic mass is 16.1. The van der Waals surface area contributed by atoms with E-state index in [0.717, 1.165) is 32.1 Å². The Labute approximate surface area is 103 Å². The van der Waals surface area contributed by atoms with Gasteiger partial charge in [0, 0.05) is 11.8 Å². The summed E-state index contributed by atoms with van der Waals surface area (Å²) in [5.74, 6) is 0.505. The average molecular weight is 226 g/mol. The molecule has 88 valence electrons. The van der Waals surface area contributed by atoms with Crippen LogP contribution >= 0.6 is 0 Å². The number of carbonyl (C=O) groups is 1. The standard InChI is InChI=1S/C16H18O/c17-15-8-4-5-10-16(15)11-9-14(12-16)13-6-2-1-3-7-13/h1-3,6-7,9H,4-5,8,10-12H2/t16-/m1/s1. The van der Waals surface area contributed by atoms with Gasteiger partial charge in [0.05, 0.1) is 0 Å². The highest BCUT2D eigenvalue weighted by Gasteiger charge is 2.42. The molecule has 0 saturated heterocycles. The van der Waals surface area contributed by atoms with Crippen molar-refractivity contribution in [3.63, 3.8) is 0 Å². The molecule has 1 fully saturated rings. The average Bonchev–Trinajstić information content (AvgIpc) is 2.80. The molecule has 1 spiro atoms. The number of rotatable bonds is 1. The number of Topliss-reactive ketones (excluding diaryl/α,β-unsaturated/α-hetero) is 1. The second-order valence-electron chi connectivity index (χ2n) is 5.39. The largest absolute Gasteiger partial charge is 0.299 e. The van der Waals surface area contributed by atoms with Crippen molar-refractivity contribution < 1.29 is 4.79 Å². The zero-order valence-corrected chi connectivity index (χ0v) is 10.1. The summed E-state index contributed by atoms with van der Waals surface area (Å²) >= 11 is 0. The Morgan fingerprint density at radius 1 is 1.06 bits per heavy atom. The minimum absolute atomic E-state index is 0.0244. The lowest BCUT2D eigenvalue weighted by atomic mass is 9.70. The van der Waals surface area contributed by atoms with Gasteiger partial charge in [-0.05, 0) is 36.8 Å². The van der Waals surface area contributed by atoms with E-state index in [4.69, 9.17) is 0 Å². The van der Waals surface area contributed by atoms with Crippen LogP contribution in [0.25, 0.3) is 5.57 Å². The molecule has 3 rings (SSSR count). The third-order valence-electron chi connectivity index (χ3n) is 4.31. The van der Waals surface area contributed by atoms with Gasteiger partial charge in [-0.25, -0.2) is 0 Å². The Kier molecular flexibility index (Phi) is 2.62. The maximum atomic E-state index is 12.2. The summed E-state index contributed by atoms with van der Waals surface area (Å²) in [4.78, 5) is 12.2. The topological polar surface area (TPSA) is 17.1 Å². The second-order valence-corrected chi connectivity index (χ2v) is 5.39. The molecule has 1 saturated carbocycles. The maximum Gasteiger partial charge on any atom is 0.139 e. The predicted octanol–water partition coefficient (Wildman–Crippen LogP) is 3.99. The van der Waals surface area contributed by atoms with Crippen LogP contribution in [-0.2, 0) is 4.79 Å². The third-order valence-corrected chi connectivity index (χ3v) is 4.31. The van der Waals surface area contributed by atoms with Crippen molar-refractivity contribution >= 4 is 11.4 Å². The SMILES string of the molecule is O=C1CCCC[C@]12CC=C(c1ccccc1)C2. The molecule has 0 heterocycles. The van der Waals surface area contributed by atoms with E-state index in [0.29, 0.717) is 5.78 Å². The third kappa shape index (κ3) is 1.84. The van der Waals surface area contributed by atoms with Gasteiger partial charge in [-0.3, -0.25) is 4.79 Å². The van der Waals surface area contributed by atoms with E-state index >= 15 is 0 Å². The summed E-state index contributed by atoms with van der Waals surface area (Å²) in [6.07, 6.45) is 8.45. The normalized spacial score (nSPS) is 28.5. The Morgan fingerprint density at radius 3 is 2.65 bits per heavy atom. The van der Waals surface area contributed by atoms with Gasteiger partial charge in [-0.15, -0.1) is 0 Å². The van der Waals surface area contributed by atoms with Crippen LogP contribution in [0.3, 0.4) is 0 Å². The molecule has 1 aromatic rings. The number of hydrogen-bond acceptors (Lipinski definition) is 1. The van der Waals surface area contributed by atoms with Crippen molar-refractivity contribution in [1.82, 2.24) is 0 Å². The maximum absolute atomic E-state index is 12.2. The number of allylic oxidation sites excluding steroid dienone is 2.